The zero-order valence-corrected chi connectivity index (χ0v) is 11.9. The maximum absolute atomic E-state index is 12.3. The van der Waals surface area contributed by atoms with Crippen LogP contribution in [-0.4, -0.2) is 5.91 Å². The molecule has 0 radical (unpaired) electrons. The van der Waals surface area contributed by atoms with E-state index in [2.05, 4.69) is 11.4 Å². The molecule has 1 aromatic rings. The molecule has 0 aromatic heterocycles. The van der Waals surface area contributed by atoms with Crippen LogP contribution in [-0.2, 0) is 4.79 Å². The first-order chi connectivity index (χ1) is 9.72. The largest absolute Gasteiger partial charge is 0.321 e. The Balaban J connectivity index is 2.19. The highest BCUT2D eigenvalue weighted by molar-refractivity contribution is 6.07. The highest BCUT2D eigenvalue weighted by Crippen LogP contribution is 2.25. The van der Waals surface area contributed by atoms with Crippen LogP contribution >= 0.6 is 0 Å². The molecule has 2 rings (SSSR count). The smallest absolute Gasteiger partial charge is 0.266 e. The summed E-state index contributed by atoms with van der Waals surface area (Å²) in [4.78, 5) is 12.3. The van der Waals surface area contributed by atoms with Gasteiger partial charge in [0.05, 0.1) is 0 Å². The summed E-state index contributed by atoms with van der Waals surface area (Å²) in [6.45, 7) is 1.94. The van der Waals surface area contributed by atoms with Gasteiger partial charge in [-0.05, 0) is 49.8 Å². The number of hydrogen-bond acceptors (Lipinski definition) is 2. The van der Waals surface area contributed by atoms with Crippen LogP contribution in [0.3, 0.4) is 0 Å². The number of carbonyl (C=O) groups excluding carboxylic acids is 1. The van der Waals surface area contributed by atoms with Crippen LogP contribution in [0, 0.1) is 18.3 Å². The van der Waals surface area contributed by atoms with Gasteiger partial charge in [-0.1, -0.05) is 31.0 Å². The van der Waals surface area contributed by atoms with Crippen molar-refractivity contribution in [3.63, 3.8) is 0 Å². The fourth-order valence-corrected chi connectivity index (χ4v) is 2.59. The number of nitriles is 1. The topological polar surface area (TPSA) is 52.9 Å². The van der Waals surface area contributed by atoms with Crippen LogP contribution < -0.4 is 5.32 Å². The van der Waals surface area contributed by atoms with Gasteiger partial charge < -0.3 is 5.32 Å². The molecule has 104 valence electrons. The minimum absolute atomic E-state index is 0.265. The molecule has 1 N–H and O–H groups in total. The van der Waals surface area contributed by atoms with E-state index in [1.54, 1.807) is 0 Å². The van der Waals surface area contributed by atoms with Crippen molar-refractivity contribution in [2.45, 2.75) is 45.4 Å². The lowest BCUT2D eigenvalue weighted by Crippen LogP contribution is -2.16. The Morgan fingerprint density at radius 3 is 2.40 bits per heavy atom. The Hall–Kier alpha value is -2.08. The lowest BCUT2D eigenvalue weighted by Gasteiger charge is -2.10. The third-order valence-electron chi connectivity index (χ3n) is 3.79. The molecule has 1 amide bonds. The van der Waals surface area contributed by atoms with E-state index in [1.165, 1.54) is 12.8 Å². The van der Waals surface area contributed by atoms with Crippen molar-refractivity contribution in [1.29, 1.82) is 5.26 Å². The van der Waals surface area contributed by atoms with E-state index >= 15 is 0 Å². The standard InChI is InChI=1S/C17H20N2O/c1-13-8-6-7-11-16(13)19-17(20)15(12-18)14-9-4-2-3-5-10-14/h6-8,11H,2-5,9-10H2,1H3,(H,19,20). The van der Waals surface area contributed by atoms with Crippen LogP contribution in [0.15, 0.2) is 35.4 Å². The zero-order valence-electron chi connectivity index (χ0n) is 11.9. The molecule has 3 heteroatoms. The van der Waals surface area contributed by atoms with E-state index in [1.807, 2.05) is 31.2 Å². The molecule has 0 unspecified atom stereocenters. The summed E-state index contributed by atoms with van der Waals surface area (Å²) >= 11 is 0. The monoisotopic (exact) mass is 268 g/mol. The first-order valence-corrected chi connectivity index (χ1v) is 7.21. The summed E-state index contributed by atoms with van der Waals surface area (Å²) in [6, 6.07) is 9.73. The van der Waals surface area contributed by atoms with Crippen molar-refractivity contribution in [2.24, 2.45) is 0 Å². The summed E-state index contributed by atoms with van der Waals surface area (Å²) < 4.78 is 0. The van der Waals surface area contributed by atoms with E-state index in [-0.39, 0.29) is 5.91 Å². The molecule has 1 saturated carbocycles. The number of para-hydroxylation sites is 1. The number of aryl methyl sites for hydroxylation is 1. The normalized spacial score (nSPS) is 15.1. The van der Waals surface area contributed by atoms with Gasteiger partial charge in [0.2, 0.25) is 0 Å². The Morgan fingerprint density at radius 1 is 1.15 bits per heavy atom. The Kier molecular flexibility index (Phi) is 4.95. The van der Waals surface area contributed by atoms with Gasteiger partial charge in [0.15, 0.2) is 0 Å². The number of anilines is 1. The van der Waals surface area contributed by atoms with Gasteiger partial charge in [-0.25, -0.2) is 0 Å². The lowest BCUT2D eigenvalue weighted by molar-refractivity contribution is -0.112. The molecule has 0 atom stereocenters. The van der Waals surface area contributed by atoms with Gasteiger partial charge in [0.25, 0.3) is 5.91 Å². The zero-order chi connectivity index (χ0) is 14.4. The summed E-state index contributed by atoms with van der Waals surface area (Å²) in [7, 11) is 0. The third kappa shape index (κ3) is 3.48. The molecule has 1 aliphatic rings. The molecule has 0 heterocycles. The van der Waals surface area contributed by atoms with Crippen molar-refractivity contribution in [3.8, 4) is 6.07 Å². The molecular formula is C17H20N2O. The van der Waals surface area contributed by atoms with Crippen molar-refractivity contribution < 1.29 is 4.79 Å². The van der Waals surface area contributed by atoms with E-state index in [0.717, 1.165) is 42.5 Å². The average Bonchev–Trinajstić information content (AvgIpc) is 2.71. The second kappa shape index (κ2) is 6.91. The number of rotatable bonds is 2. The number of nitrogens with one attached hydrogen (secondary N) is 1. The summed E-state index contributed by atoms with van der Waals surface area (Å²) in [5.74, 6) is -0.265. The molecule has 1 aliphatic carbocycles. The molecule has 0 spiro atoms. The maximum Gasteiger partial charge on any atom is 0.266 e. The highest BCUT2D eigenvalue weighted by atomic mass is 16.1. The van der Waals surface area contributed by atoms with Crippen molar-refractivity contribution in [1.82, 2.24) is 0 Å². The Bertz CT molecular complexity index is 557. The van der Waals surface area contributed by atoms with Crippen molar-refractivity contribution >= 4 is 11.6 Å². The second-order valence-electron chi connectivity index (χ2n) is 5.27. The Morgan fingerprint density at radius 2 is 1.80 bits per heavy atom. The van der Waals surface area contributed by atoms with Crippen LogP contribution in [0.4, 0.5) is 5.69 Å². The maximum atomic E-state index is 12.3. The quantitative estimate of drug-likeness (QED) is 0.498. The van der Waals surface area contributed by atoms with Gasteiger partial charge in [-0.3, -0.25) is 4.79 Å². The van der Waals surface area contributed by atoms with Gasteiger partial charge >= 0.3 is 0 Å². The molecule has 20 heavy (non-hydrogen) atoms. The van der Waals surface area contributed by atoms with Crippen LogP contribution in [0.1, 0.15) is 44.1 Å². The fourth-order valence-electron chi connectivity index (χ4n) is 2.59. The molecule has 0 aliphatic heterocycles. The molecule has 0 bridgehead atoms. The van der Waals surface area contributed by atoms with E-state index < -0.39 is 0 Å². The molecule has 1 aromatic carbocycles. The number of benzene rings is 1. The third-order valence-corrected chi connectivity index (χ3v) is 3.79. The van der Waals surface area contributed by atoms with E-state index in [9.17, 15) is 10.1 Å². The Labute approximate surface area is 120 Å². The lowest BCUT2D eigenvalue weighted by atomic mass is 10.0. The predicted molar refractivity (Wildman–Crippen MR) is 80.1 cm³/mol. The molecular weight excluding hydrogens is 248 g/mol. The summed E-state index contributed by atoms with van der Waals surface area (Å²) in [5, 5.41) is 12.2. The highest BCUT2D eigenvalue weighted by Gasteiger charge is 2.17. The number of carbonyl (C=O) groups is 1. The minimum atomic E-state index is -0.265. The molecule has 0 saturated heterocycles. The fraction of sp³-hybridized carbons (Fsp3) is 0.412. The molecule has 3 nitrogen and oxygen atoms in total. The number of amides is 1. The van der Waals surface area contributed by atoms with E-state index in [4.69, 9.17) is 0 Å². The summed E-state index contributed by atoms with van der Waals surface area (Å²) in [5.41, 5.74) is 3.12. The first kappa shape index (κ1) is 14.3. The van der Waals surface area contributed by atoms with Crippen LogP contribution in [0.2, 0.25) is 0 Å². The van der Waals surface area contributed by atoms with Crippen molar-refractivity contribution in [3.05, 3.63) is 41.0 Å². The number of hydrogen-bond donors (Lipinski definition) is 1. The first-order valence-electron chi connectivity index (χ1n) is 7.21. The van der Waals surface area contributed by atoms with Crippen LogP contribution in [0.5, 0.6) is 0 Å². The minimum Gasteiger partial charge on any atom is -0.321 e. The SMILES string of the molecule is Cc1ccccc1NC(=O)C(C#N)=C1CCCCCC1. The van der Waals surface area contributed by atoms with Crippen molar-refractivity contribution in [2.75, 3.05) is 5.32 Å². The van der Waals surface area contributed by atoms with Crippen LogP contribution in [0.25, 0.3) is 0 Å². The number of allylic oxidation sites excluding steroid dienone is 1. The van der Waals surface area contributed by atoms with Gasteiger partial charge in [0, 0.05) is 5.69 Å². The van der Waals surface area contributed by atoms with Gasteiger partial charge in [-0.15, -0.1) is 0 Å². The van der Waals surface area contributed by atoms with Gasteiger partial charge in [-0.2, -0.15) is 5.26 Å². The second-order valence-corrected chi connectivity index (χ2v) is 5.27. The summed E-state index contributed by atoms with van der Waals surface area (Å²) in [6.07, 6.45) is 6.31. The number of nitrogens with zero attached hydrogens (tertiary/aromatic N) is 1. The van der Waals surface area contributed by atoms with E-state index in [0.29, 0.717) is 5.57 Å². The van der Waals surface area contributed by atoms with Gasteiger partial charge in [0.1, 0.15) is 11.6 Å². The predicted octanol–water partition coefficient (Wildman–Crippen LogP) is 4.11. The average molecular weight is 268 g/mol. The molecule has 1 fully saturated rings.